The summed E-state index contributed by atoms with van der Waals surface area (Å²) < 4.78 is 33.1. The van der Waals surface area contributed by atoms with E-state index in [2.05, 4.69) is 15.0 Å². The van der Waals surface area contributed by atoms with Crippen molar-refractivity contribution in [2.24, 2.45) is 7.05 Å². The van der Waals surface area contributed by atoms with Crippen molar-refractivity contribution in [1.29, 1.82) is 0 Å². The number of hydrogen-bond acceptors (Lipinski definition) is 6. The second kappa shape index (κ2) is 10.6. The summed E-state index contributed by atoms with van der Waals surface area (Å²) in [5, 5.41) is 2.82. The average molecular weight is 415 g/mol. The first-order valence-corrected chi connectivity index (χ1v) is 11.2. The molecule has 0 radical (unpaired) electrons. The maximum atomic E-state index is 12.1. The van der Waals surface area contributed by atoms with Crippen LogP contribution in [0, 0.1) is 6.92 Å². The number of imidazole rings is 1. The summed E-state index contributed by atoms with van der Waals surface area (Å²) in [5.41, 5.74) is 0. The summed E-state index contributed by atoms with van der Waals surface area (Å²) in [5.74, 6) is -0.383. The first kappa shape index (κ1) is 22.4. The number of nitrogens with zero attached hydrogens (tertiary/aromatic N) is 2. The highest BCUT2D eigenvalue weighted by atomic mass is 32.2. The Morgan fingerprint density at radius 2 is 1.86 bits per heavy atom. The van der Waals surface area contributed by atoms with Gasteiger partial charge in [-0.2, -0.15) is 0 Å². The Hall–Kier alpha value is -1.94. The van der Waals surface area contributed by atoms with E-state index in [1.54, 1.807) is 18.5 Å². The fraction of sp³-hybridized carbons (Fsp3) is 0.722. The zero-order chi connectivity index (χ0) is 20.6. The number of carbonyl (C=O) groups is 2. The van der Waals surface area contributed by atoms with Gasteiger partial charge in [-0.05, 0) is 19.8 Å². The Morgan fingerprint density at radius 1 is 1.21 bits per heavy atom. The van der Waals surface area contributed by atoms with Gasteiger partial charge in [0.25, 0.3) is 15.9 Å². The number of sulfonamides is 1. The second-order valence-corrected chi connectivity index (χ2v) is 8.87. The Morgan fingerprint density at radius 3 is 2.46 bits per heavy atom. The van der Waals surface area contributed by atoms with Gasteiger partial charge in [-0.25, -0.2) is 18.1 Å². The van der Waals surface area contributed by atoms with Crippen LogP contribution in [0.2, 0.25) is 0 Å². The molecule has 0 bridgehead atoms. The van der Waals surface area contributed by atoms with Crippen molar-refractivity contribution in [2.75, 3.05) is 13.2 Å². The topological polar surface area (TPSA) is 119 Å². The maximum absolute atomic E-state index is 12.1. The number of rotatable bonds is 8. The lowest BCUT2D eigenvalue weighted by molar-refractivity contribution is -0.148. The van der Waals surface area contributed by atoms with Crippen LogP contribution in [-0.4, -0.2) is 49.0 Å². The molecule has 1 aromatic rings. The monoisotopic (exact) mass is 414 g/mol. The van der Waals surface area contributed by atoms with Crippen molar-refractivity contribution in [3.8, 4) is 0 Å². The van der Waals surface area contributed by atoms with E-state index >= 15 is 0 Å². The molecule has 2 rings (SSSR count). The van der Waals surface area contributed by atoms with Crippen LogP contribution < -0.4 is 10.0 Å². The predicted octanol–water partition coefficient (Wildman–Crippen LogP) is 1.17. The van der Waals surface area contributed by atoms with E-state index in [4.69, 9.17) is 4.74 Å². The van der Waals surface area contributed by atoms with Crippen LogP contribution in [0.3, 0.4) is 0 Å². The first-order chi connectivity index (χ1) is 13.3. The summed E-state index contributed by atoms with van der Waals surface area (Å²) in [6.45, 7) is 1.22. The molecule has 1 aromatic heterocycles. The summed E-state index contributed by atoms with van der Waals surface area (Å²) >= 11 is 0. The van der Waals surface area contributed by atoms with Gasteiger partial charge in [0.15, 0.2) is 11.6 Å². The van der Waals surface area contributed by atoms with Gasteiger partial charge in [0.2, 0.25) is 0 Å². The molecule has 158 valence electrons. The number of nitrogens with one attached hydrogen (secondary N) is 2. The number of ether oxygens (including phenoxy) is 1. The number of amides is 1. The summed E-state index contributed by atoms with van der Waals surface area (Å²) in [6, 6.07) is 0.139. The highest BCUT2D eigenvalue weighted by Gasteiger charge is 2.19. The molecule has 1 saturated carbocycles. The SMILES string of the molecule is Cc1nc(S(=O)(=O)NCCC(=O)OCC(=O)NC2CCCCCCC2)cn1C. The summed E-state index contributed by atoms with van der Waals surface area (Å²) in [4.78, 5) is 27.7. The van der Waals surface area contributed by atoms with Gasteiger partial charge in [0.1, 0.15) is 5.82 Å². The van der Waals surface area contributed by atoms with Crippen LogP contribution in [0.5, 0.6) is 0 Å². The third kappa shape index (κ3) is 7.23. The third-order valence-corrected chi connectivity index (χ3v) is 6.15. The molecule has 2 N–H and O–H groups in total. The van der Waals surface area contributed by atoms with Gasteiger partial charge in [-0.15, -0.1) is 0 Å². The van der Waals surface area contributed by atoms with Crippen LogP contribution in [0.25, 0.3) is 0 Å². The predicted molar refractivity (Wildman–Crippen MR) is 103 cm³/mol. The summed E-state index contributed by atoms with van der Waals surface area (Å²) in [6.07, 6.45) is 8.97. The Bertz CT molecular complexity index is 747. The van der Waals surface area contributed by atoms with E-state index in [9.17, 15) is 18.0 Å². The van der Waals surface area contributed by atoms with Crippen molar-refractivity contribution >= 4 is 21.9 Å². The lowest BCUT2D eigenvalue weighted by atomic mass is 9.97. The summed E-state index contributed by atoms with van der Waals surface area (Å²) in [7, 11) is -2.09. The number of aryl methyl sites for hydroxylation is 2. The van der Waals surface area contributed by atoms with E-state index in [-0.39, 0.29) is 36.5 Å². The lowest BCUT2D eigenvalue weighted by Gasteiger charge is -2.20. The Balaban J connectivity index is 1.67. The van der Waals surface area contributed by atoms with Gasteiger partial charge >= 0.3 is 5.97 Å². The van der Waals surface area contributed by atoms with Crippen molar-refractivity contribution < 1.29 is 22.7 Å². The zero-order valence-corrected chi connectivity index (χ0v) is 17.4. The lowest BCUT2D eigenvalue weighted by Crippen LogP contribution is -2.38. The van der Waals surface area contributed by atoms with Gasteiger partial charge in [-0.3, -0.25) is 9.59 Å². The minimum Gasteiger partial charge on any atom is -0.456 e. The molecule has 1 amide bonds. The maximum Gasteiger partial charge on any atom is 0.307 e. The fourth-order valence-corrected chi connectivity index (χ4v) is 4.17. The molecule has 1 aliphatic rings. The molecule has 1 heterocycles. The number of esters is 1. The Kier molecular flexibility index (Phi) is 8.43. The highest BCUT2D eigenvalue weighted by Crippen LogP contribution is 2.17. The number of carbonyl (C=O) groups excluding carboxylic acids is 2. The van der Waals surface area contributed by atoms with E-state index in [1.165, 1.54) is 25.5 Å². The zero-order valence-electron chi connectivity index (χ0n) is 16.6. The molecule has 0 atom stereocenters. The van der Waals surface area contributed by atoms with Gasteiger partial charge in [0, 0.05) is 25.8 Å². The van der Waals surface area contributed by atoms with Crippen molar-refractivity contribution in [2.45, 2.75) is 69.4 Å². The normalized spacial score (nSPS) is 16.2. The van der Waals surface area contributed by atoms with Crippen LogP contribution in [0.4, 0.5) is 0 Å². The molecule has 9 nitrogen and oxygen atoms in total. The van der Waals surface area contributed by atoms with E-state index in [1.807, 2.05) is 0 Å². The minimum absolute atomic E-state index is 0.0977. The van der Waals surface area contributed by atoms with Crippen LogP contribution in [0.15, 0.2) is 11.2 Å². The van der Waals surface area contributed by atoms with E-state index in [0.717, 1.165) is 25.7 Å². The van der Waals surface area contributed by atoms with Crippen molar-refractivity contribution in [3.05, 3.63) is 12.0 Å². The second-order valence-electron chi connectivity index (χ2n) is 7.16. The molecule has 0 aliphatic heterocycles. The molecule has 0 aromatic carbocycles. The van der Waals surface area contributed by atoms with E-state index in [0.29, 0.717) is 5.82 Å². The molecule has 10 heteroatoms. The van der Waals surface area contributed by atoms with Gasteiger partial charge in [-0.1, -0.05) is 32.1 Å². The van der Waals surface area contributed by atoms with Crippen molar-refractivity contribution in [3.63, 3.8) is 0 Å². The molecule has 0 unspecified atom stereocenters. The quantitative estimate of drug-likeness (QED) is 0.616. The molecule has 0 spiro atoms. The minimum atomic E-state index is -3.78. The standard InChI is InChI=1S/C18H30N4O5S/c1-14-20-17(12-22(14)2)28(25,26)19-11-10-18(24)27-13-16(23)21-15-8-6-4-3-5-7-9-15/h12,15,19H,3-11,13H2,1-2H3,(H,21,23). The largest absolute Gasteiger partial charge is 0.456 e. The first-order valence-electron chi connectivity index (χ1n) is 9.72. The fourth-order valence-electron chi connectivity index (χ4n) is 3.11. The third-order valence-electron chi connectivity index (χ3n) is 4.82. The van der Waals surface area contributed by atoms with Crippen LogP contribution in [0.1, 0.15) is 57.2 Å². The van der Waals surface area contributed by atoms with Crippen LogP contribution in [-0.2, 0) is 31.4 Å². The molecule has 1 fully saturated rings. The number of hydrogen-bond donors (Lipinski definition) is 2. The van der Waals surface area contributed by atoms with Crippen LogP contribution >= 0.6 is 0 Å². The molecule has 28 heavy (non-hydrogen) atoms. The molecular weight excluding hydrogens is 384 g/mol. The van der Waals surface area contributed by atoms with E-state index < -0.39 is 16.0 Å². The van der Waals surface area contributed by atoms with Gasteiger partial charge < -0.3 is 14.6 Å². The molecular formula is C18H30N4O5S. The molecule has 1 aliphatic carbocycles. The average Bonchev–Trinajstić information content (AvgIpc) is 2.95. The van der Waals surface area contributed by atoms with Crippen molar-refractivity contribution in [1.82, 2.24) is 19.6 Å². The highest BCUT2D eigenvalue weighted by molar-refractivity contribution is 7.89. The van der Waals surface area contributed by atoms with Gasteiger partial charge in [0.05, 0.1) is 6.42 Å². The smallest absolute Gasteiger partial charge is 0.307 e. The Labute approximate surface area is 166 Å². The molecule has 0 saturated heterocycles. The number of aromatic nitrogens is 2.